The molecule has 0 bridgehead atoms. The number of carbonyl (C=O) groups is 1. The zero-order chi connectivity index (χ0) is 15.9. The van der Waals surface area contributed by atoms with Gasteiger partial charge in [-0.15, -0.1) is 0 Å². The SMILES string of the molecule is CC(=O)N1CCc2ccc(NS(=O)(=O)c3cn(C)cn3)cc21. The minimum atomic E-state index is -3.73. The summed E-state index contributed by atoms with van der Waals surface area (Å²) in [6.45, 7) is 2.13. The fourth-order valence-electron chi connectivity index (χ4n) is 2.50. The molecule has 0 unspecified atom stereocenters. The second-order valence-corrected chi connectivity index (χ2v) is 6.88. The molecule has 0 atom stereocenters. The number of nitrogens with one attached hydrogen (secondary N) is 1. The van der Waals surface area contributed by atoms with Crippen molar-refractivity contribution in [3.63, 3.8) is 0 Å². The van der Waals surface area contributed by atoms with Crippen LogP contribution in [0.5, 0.6) is 0 Å². The molecular formula is C14H16N4O3S. The highest BCUT2D eigenvalue weighted by molar-refractivity contribution is 7.92. The fraction of sp³-hybridized carbons (Fsp3) is 0.286. The number of fused-ring (bicyclic) bond motifs is 1. The smallest absolute Gasteiger partial charge is 0.280 e. The van der Waals surface area contributed by atoms with Crippen LogP contribution in [0.4, 0.5) is 11.4 Å². The van der Waals surface area contributed by atoms with Crippen LogP contribution in [0, 0.1) is 0 Å². The molecule has 116 valence electrons. The Kier molecular flexibility index (Phi) is 3.40. The Morgan fingerprint density at radius 3 is 2.77 bits per heavy atom. The molecule has 1 aromatic carbocycles. The van der Waals surface area contributed by atoms with Crippen molar-refractivity contribution >= 4 is 27.3 Å². The molecule has 0 aliphatic carbocycles. The largest absolute Gasteiger partial charge is 0.339 e. The number of aryl methyl sites for hydroxylation is 1. The fourth-order valence-corrected chi connectivity index (χ4v) is 3.54. The summed E-state index contributed by atoms with van der Waals surface area (Å²) in [6, 6.07) is 5.22. The van der Waals surface area contributed by atoms with Crippen LogP contribution in [0.2, 0.25) is 0 Å². The van der Waals surface area contributed by atoms with Gasteiger partial charge in [0.1, 0.15) is 0 Å². The third-order valence-corrected chi connectivity index (χ3v) is 4.84. The van der Waals surface area contributed by atoms with E-state index in [9.17, 15) is 13.2 Å². The molecule has 8 heteroatoms. The quantitative estimate of drug-likeness (QED) is 0.919. The first-order valence-electron chi connectivity index (χ1n) is 6.78. The average Bonchev–Trinajstić information content (AvgIpc) is 3.04. The van der Waals surface area contributed by atoms with E-state index in [1.807, 2.05) is 6.07 Å². The van der Waals surface area contributed by atoms with Gasteiger partial charge in [-0.1, -0.05) is 6.07 Å². The average molecular weight is 320 g/mol. The number of carbonyl (C=O) groups excluding carboxylic acids is 1. The molecule has 22 heavy (non-hydrogen) atoms. The van der Waals surface area contributed by atoms with Crippen LogP contribution in [-0.4, -0.2) is 30.4 Å². The van der Waals surface area contributed by atoms with Crippen LogP contribution < -0.4 is 9.62 Å². The third kappa shape index (κ3) is 2.57. The Bertz CT molecular complexity index is 842. The summed E-state index contributed by atoms with van der Waals surface area (Å²) in [5.74, 6) is -0.0523. The number of anilines is 2. The molecule has 7 nitrogen and oxygen atoms in total. The van der Waals surface area contributed by atoms with E-state index in [4.69, 9.17) is 0 Å². The summed E-state index contributed by atoms with van der Waals surface area (Å²) in [7, 11) is -2.03. The molecule has 1 amide bonds. The van der Waals surface area contributed by atoms with Crippen molar-refractivity contribution in [1.82, 2.24) is 9.55 Å². The lowest BCUT2D eigenvalue weighted by atomic mass is 10.1. The van der Waals surface area contributed by atoms with E-state index in [1.165, 1.54) is 19.4 Å². The van der Waals surface area contributed by atoms with Crippen LogP contribution in [0.3, 0.4) is 0 Å². The monoisotopic (exact) mass is 320 g/mol. The first-order valence-corrected chi connectivity index (χ1v) is 8.27. The van der Waals surface area contributed by atoms with Crippen molar-refractivity contribution in [2.75, 3.05) is 16.2 Å². The molecule has 1 N–H and O–H groups in total. The highest BCUT2D eigenvalue weighted by Gasteiger charge is 2.24. The second-order valence-electron chi connectivity index (χ2n) is 5.25. The van der Waals surface area contributed by atoms with E-state index < -0.39 is 10.0 Å². The van der Waals surface area contributed by atoms with Gasteiger partial charge in [0.2, 0.25) is 5.91 Å². The number of sulfonamides is 1. The summed E-state index contributed by atoms with van der Waals surface area (Å²) < 4.78 is 28.6. The maximum absolute atomic E-state index is 12.3. The number of aromatic nitrogens is 2. The van der Waals surface area contributed by atoms with Gasteiger partial charge in [-0.25, -0.2) is 4.98 Å². The van der Waals surface area contributed by atoms with Crippen LogP contribution >= 0.6 is 0 Å². The first kappa shape index (κ1) is 14.6. The number of rotatable bonds is 3. The van der Waals surface area contributed by atoms with Crippen LogP contribution in [-0.2, 0) is 28.3 Å². The van der Waals surface area contributed by atoms with Crippen molar-refractivity contribution in [3.05, 3.63) is 36.3 Å². The molecule has 0 radical (unpaired) electrons. The van der Waals surface area contributed by atoms with Crippen LogP contribution in [0.15, 0.2) is 35.7 Å². The van der Waals surface area contributed by atoms with Crippen molar-refractivity contribution in [3.8, 4) is 0 Å². The predicted molar refractivity (Wildman–Crippen MR) is 82.2 cm³/mol. The molecule has 1 aliphatic rings. The summed E-state index contributed by atoms with van der Waals surface area (Å²) in [4.78, 5) is 17.1. The minimum absolute atomic E-state index is 0.0427. The van der Waals surface area contributed by atoms with Crippen LogP contribution in [0.1, 0.15) is 12.5 Å². The Morgan fingerprint density at radius 2 is 2.14 bits per heavy atom. The highest BCUT2D eigenvalue weighted by atomic mass is 32.2. The normalized spacial score (nSPS) is 14.0. The standard InChI is InChI=1S/C14H16N4O3S/c1-10(19)18-6-5-11-3-4-12(7-13(11)18)16-22(20,21)14-8-17(2)9-15-14/h3-4,7-9,16H,5-6H2,1-2H3. The van der Waals surface area contributed by atoms with Gasteiger partial charge in [-0.05, 0) is 24.1 Å². The lowest BCUT2D eigenvalue weighted by molar-refractivity contribution is -0.116. The molecule has 0 fully saturated rings. The summed E-state index contributed by atoms with van der Waals surface area (Å²) >= 11 is 0. The van der Waals surface area contributed by atoms with Crippen molar-refractivity contribution in [2.45, 2.75) is 18.4 Å². The summed E-state index contributed by atoms with van der Waals surface area (Å²) in [5.41, 5.74) is 2.21. The van der Waals surface area contributed by atoms with E-state index in [0.717, 1.165) is 17.7 Å². The molecule has 0 spiro atoms. The molecular weight excluding hydrogens is 304 g/mol. The summed E-state index contributed by atoms with van der Waals surface area (Å²) in [5, 5.41) is -0.0427. The van der Waals surface area contributed by atoms with Crippen molar-refractivity contribution in [2.24, 2.45) is 7.05 Å². The molecule has 1 aliphatic heterocycles. The number of benzene rings is 1. The number of hydrogen-bond acceptors (Lipinski definition) is 4. The summed E-state index contributed by atoms with van der Waals surface area (Å²) in [6.07, 6.45) is 3.63. The van der Waals surface area contributed by atoms with E-state index in [0.29, 0.717) is 12.2 Å². The molecule has 0 saturated heterocycles. The van der Waals surface area contributed by atoms with Gasteiger partial charge in [-0.2, -0.15) is 8.42 Å². The number of hydrogen-bond donors (Lipinski definition) is 1. The van der Waals surface area contributed by atoms with Crippen molar-refractivity contribution < 1.29 is 13.2 Å². The first-order chi connectivity index (χ1) is 10.4. The van der Waals surface area contributed by atoms with E-state index in [1.54, 1.807) is 28.6 Å². The maximum atomic E-state index is 12.3. The molecule has 2 aromatic rings. The van der Waals surface area contributed by atoms with Gasteiger partial charge in [-0.3, -0.25) is 9.52 Å². The molecule has 1 aromatic heterocycles. The lowest BCUT2D eigenvalue weighted by Gasteiger charge is -2.16. The minimum Gasteiger partial charge on any atom is -0.339 e. The Balaban J connectivity index is 1.91. The predicted octanol–water partition coefficient (Wildman–Crippen LogP) is 1.13. The van der Waals surface area contributed by atoms with Crippen LogP contribution in [0.25, 0.3) is 0 Å². The molecule has 0 saturated carbocycles. The third-order valence-electron chi connectivity index (χ3n) is 3.57. The number of amides is 1. The number of imidazole rings is 1. The van der Waals surface area contributed by atoms with E-state index in [2.05, 4.69) is 9.71 Å². The van der Waals surface area contributed by atoms with Gasteiger partial charge in [0, 0.05) is 32.4 Å². The molecule has 3 rings (SSSR count). The van der Waals surface area contributed by atoms with Gasteiger partial charge in [0.25, 0.3) is 10.0 Å². The zero-order valence-corrected chi connectivity index (χ0v) is 13.1. The van der Waals surface area contributed by atoms with Gasteiger partial charge >= 0.3 is 0 Å². The second kappa shape index (κ2) is 5.13. The van der Waals surface area contributed by atoms with E-state index >= 15 is 0 Å². The highest BCUT2D eigenvalue weighted by Crippen LogP contribution is 2.31. The Hall–Kier alpha value is -2.35. The van der Waals surface area contributed by atoms with Gasteiger partial charge < -0.3 is 9.47 Å². The Morgan fingerprint density at radius 1 is 1.36 bits per heavy atom. The maximum Gasteiger partial charge on any atom is 0.280 e. The number of nitrogens with zero attached hydrogens (tertiary/aromatic N) is 3. The van der Waals surface area contributed by atoms with E-state index in [-0.39, 0.29) is 10.9 Å². The lowest BCUT2D eigenvalue weighted by Crippen LogP contribution is -2.25. The topological polar surface area (TPSA) is 84.3 Å². The van der Waals surface area contributed by atoms with Gasteiger partial charge in [0.05, 0.1) is 12.0 Å². The Labute approximate surface area is 128 Å². The molecule has 2 heterocycles. The van der Waals surface area contributed by atoms with Gasteiger partial charge in [0.15, 0.2) is 5.03 Å². The van der Waals surface area contributed by atoms with Crippen molar-refractivity contribution in [1.29, 1.82) is 0 Å². The zero-order valence-electron chi connectivity index (χ0n) is 12.3.